The number of thiazole rings is 1. The van der Waals surface area contributed by atoms with Crippen LogP contribution in [0.25, 0.3) is 21.6 Å². The van der Waals surface area contributed by atoms with Crippen LogP contribution in [0, 0.1) is 0 Å². The average molecular weight is 436 g/mol. The summed E-state index contributed by atoms with van der Waals surface area (Å²) in [6, 6.07) is 7.81. The lowest BCUT2D eigenvalue weighted by Gasteiger charge is -2.12. The van der Waals surface area contributed by atoms with Crippen LogP contribution in [0.3, 0.4) is 0 Å². The second-order valence-corrected chi connectivity index (χ2v) is 9.27. The molecule has 0 bridgehead atoms. The van der Waals surface area contributed by atoms with E-state index >= 15 is 0 Å². The molecule has 152 valence electrons. The van der Waals surface area contributed by atoms with Gasteiger partial charge in [0, 0.05) is 22.7 Å². The highest BCUT2D eigenvalue weighted by Crippen LogP contribution is 2.36. The van der Waals surface area contributed by atoms with Crippen LogP contribution in [0.4, 0.5) is 10.8 Å². The second kappa shape index (κ2) is 8.12. The van der Waals surface area contributed by atoms with Crippen molar-refractivity contribution < 1.29 is 4.79 Å². The normalized spacial score (nSPS) is 14.1. The summed E-state index contributed by atoms with van der Waals surface area (Å²) in [6.07, 6.45) is 8.63. The summed E-state index contributed by atoms with van der Waals surface area (Å²) < 4.78 is 0. The van der Waals surface area contributed by atoms with Gasteiger partial charge in [0.1, 0.15) is 15.4 Å². The Bertz CT molecular complexity index is 1220. The summed E-state index contributed by atoms with van der Waals surface area (Å²) in [6.45, 7) is 0. The molecule has 0 saturated heterocycles. The number of carbonyl (C=O) groups is 1. The highest BCUT2D eigenvalue weighted by atomic mass is 32.1. The summed E-state index contributed by atoms with van der Waals surface area (Å²) in [5, 5.41) is 6.18. The Kier molecular flexibility index (Phi) is 5.18. The molecule has 0 saturated carbocycles. The molecule has 1 amide bonds. The number of hydrogen-bond donors (Lipinski definition) is 2. The zero-order chi connectivity index (χ0) is 20.5. The van der Waals surface area contributed by atoms with E-state index in [2.05, 4.69) is 21.4 Å². The third-order valence-corrected chi connectivity index (χ3v) is 7.23. The molecule has 0 radical (unpaired) electrons. The number of anilines is 2. The molecule has 1 aliphatic carbocycles. The van der Waals surface area contributed by atoms with Crippen molar-refractivity contribution in [2.24, 2.45) is 0 Å². The first-order valence-electron chi connectivity index (χ1n) is 10.1. The van der Waals surface area contributed by atoms with Gasteiger partial charge in [0.25, 0.3) is 5.91 Å². The lowest BCUT2D eigenvalue weighted by molar-refractivity contribution is 0.103. The van der Waals surface area contributed by atoms with Crippen molar-refractivity contribution in [2.45, 2.75) is 38.5 Å². The molecule has 0 fully saturated rings. The summed E-state index contributed by atoms with van der Waals surface area (Å²) in [5.41, 5.74) is 10.8. The molecule has 0 aromatic carbocycles. The van der Waals surface area contributed by atoms with Crippen LogP contribution in [0.1, 0.15) is 46.6 Å². The topological polar surface area (TPSA) is 93.8 Å². The Balaban J connectivity index is 1.42. The van der Waals surface area contributed by atoms with Crippen molar-refractivity contribution >= 4 is 49.6 Å². The van der Waals surface area contributed by atoms with Gasteiger partial charge in [0.2, 0.25) is 0 Å². The van der Waals surface area contributed by atoms with Gasteiger partial charge in [-0.3, -0.25) is 15.1 Å². The summed E-state index contributed by atoms with van der Waals surface area (Å²) >= 11 is 2.73. The van der Waals surface area contributed by atoms with Gasteiger partial charge < -0.3 is 5.73 Å². The Morgan fingerprint density at radius 2 is 1.93 bits per heavy atom. The van der Waals surface area contributed by atoms with Crippen LogP contribution < -0.4 is 11.1 Å². The zero-order valence-corrected chi connectivity index (χ0v) is 18.0. The number of nitrogens with one attached hydrogen (secondary N) is 1. The fourth-order valence-corrected chi connectivity index (χ4v) is 5.49. The smallest absolute Gasteiger partial charge is 0.269 e. The van der Waals surface area contributed by atoms with Crippen LogP contribution >= 0.6 is 22.7 Å². The van der Waals surface area contributed by atoms with Gasteiger partial charge in [-0.25, -0.2) is 9.97 Å². The van der Waals surface area contributed by atoms with Crippen molar-refractivity contribution in [2.75, 3.05) is 11.1 Å². The van der Waals surface area contributed by atoms with Crippen LogP contribution in [0.2, 0.25) is 0 Å². The van der Waals surface area contributed by atoms with Gasteiger partial charge in [-0.05, 0) is 49.4 Å². The van der Waals surface area contributed by atoms with Crippen LogP contribution in [-0.2, 0) is 12.8 Å². The first-order valence-corrected chi connectivity index (χ1v) is 11.8. The zero-order valence-electron chi connectivity index (χ0n) is 16.4. The molecule has 4 aromatic heterocycles. The molecular formula is C22H21N5OS2. The highest BCUT2D eigenvalue weighted by molar-refractivity contribution is 7.21. The Hall–Kier alpha value is -2.84. The lowest BCUT2D eigenvalue weighted by atomic mass is 9.96. The van der Waals surface area contributed by atoms with E-state index in [4.69, 9.17) is 10.7 Å². The van der Waals surface area contributed by atoms with E-state index in [0.717, 1.165) is 40.1 Å². The standard InChI is InChI=1S/C22H21N5OS2/c23-18-14-11-13-7-3-1-2-4-8-15(13)25-21(14)30-19(18)20(28)27-22-26-17(12-29-22)16-9-5-6-10-24-16/h5-6,9-12H,1-4,7-8,23H2,(H,26,27,28). The number of thiophene rings is 1. The molecular weight excluding hydrogens is 414 g/mol. The summed E-state index contributed by atoms with van der Waals surface area (Å²) in [7, 11) is 0. The van der Waals surface area contributed by atoms with Gasteiger partial charge in [-0.15, -0.1) is 22.7 Å². The first-order chi connectivity index (χ1) is 14.7. The number of carbonyl (C=O) groups excluding carboxylic acids is 1. The number of hydrogen-bond acceptors (Lipinski definition) is 7. The van der Waals surface area contributed by atoms with Crippen LogP contribution in [0.15, 0.2) is 35.8 Å². The molecule has 4 aromatic rings. The predicted molar refractivity (Wildman–Crippen MR) is 123 cm³/mol. The van der Waals surface area contributed by atoms with E-state index in [0.29, 0.717) is 15.7 Å². The minimum atomic E-state index is -0.246. The van der Waals surface area contributed by atoms with Crippen molar-refractivity contribution in [1.82, 2.24) is 15.0 Å². The molecule has 5 rings (SSSR count). The molecule has 0 spiro atoms. The number of fused-ring (bicyclic) bond motifs is 2. The quantitative estimate of drug-likeness (QED) is 0.455. The van der Waals surface area contributed by atoms with Gasteiger partial charge >= 0.3 is 0 Å². The largest absolute Gasteiger partial charge is 0.397 e. The molecule has 0 atom stereocenters. The van der Waals surface area contributed by atoms with Crippen molar-refractivity contribution in [3.05, 3.63) is 52.0 Å². The van der Waals surface area contributed by atoms with Gasteiger partial charge in [0.15, 0.2) is 5.13 Å². The summed E-state index contributed by atoms with van der Waals surface area (Å²) in [5.74, 6) is -0.246. The number of rotatable bonds is 3. The minimum Gasteiger partial charge on any atom is -0.397 e. The molecule has 6 nitrogen and oxygen atoms in total. The summed E-state index contributed by atoms with van der Waals surface area (Å²) in [4.78, 5) is 27.9. The van der Waals surface area contributed by atoms with Gasteiger partial charge in [-0.1, -0.05) is 18.9 Å². The van der Waals surface area contributed by atoms with Crippen LogP contribution in [0.5, 0.6) is 0 Å². The monoisotopic (exact) mass is 435 g/mol. The molecule has 8 heteroatoms. The number of nitrogen functional groups attached to an aromatic ring is 1. The van der Waals surface area contributed by atoms with Crippen molar-refractivity contribution in [3.8, 4) is 11.4 Å². The van der Waals surface area contributed by atoms with E-state index in [1.807, 2.05) is 23.6 Å². The number of nitrogens with zero attached hydrogens (tertiary/aromatic N) is 3. The average Bonchev–Trinajstić information content (AvgIpc) is 3.33. The minimum absolute atomic E-state index is 0.246. The second-order valence-electron chi connectivity index (χ2n) is 7.41. The van der Waals surface area contributed by atoms with E-state index in [1.165, 1.54) is 53.9 Å². The SMILES string of the molecule is Nc1c(C(=O)Nc2nc(-c3ccccn3)cs2)sc2nc3c(cc12)CCCCCC3. The van der Waals surface area contributed by atoms with Gasteiger partial charge in [0.05, 0.1) is 11.4 Å². The molecule has 3 N–H and O–H groups in total. The van der Waals surface area contributed by atoms with E-state index in [1.54, 1.807) is 6.20 Å². The Labute approximate surface area is 182 Å². The first kappa shape index (κ1) is 19.1. The molecule has 0 unspecified atom stereocenters. The van der Waals surface area contributed by atoms with Gasteiger partial charge in [-0.2, -0.15) is 0 Å². The maximum absolute atomic E-state index is 12.9. The number of nitrogens with two attached hydrogens (primary N) is 1. The fraction of sp³-hybridized carbons (Fsp3) is 0.273. The molecule has 0 aliphatic heterocycles. The number of pyridine rings is 2. The number of aryl methyl sites for hydroxylation is 2. The lowest BCUT2D eigenvalue weighted by Crippen LogP contribution is -2.11. The highest BCUT2D eigenvalue weighted by Gasteiger charge is 2.21. The maximum atomic E-state index is 12.9. The third-order valence-electron chi connectivity index (χ3n) is 5.36. The number of amides is 1. The molecule has 4 heterocycles. The van der Waals surface area contributed by atoms with E-state index in [9.17, 15) is 4.79 Å². The van der Waals surface area contributed by atoms with Crippen molar-refractivity contribution in [1.29, 1.82) is 0 Å². The van der Waals surface area contributed by atoms with Crippen LogP contribution in [-0.4, -0.2) is 20.9 Å². The van der Waals surface area contributed by atoms with Crippen molar-refractivity contribution in [3.63, 3.8) is 0 Å². The molecule has 30 heavy (non-hydrogen) atoms. The fourth-order valence-electron chi connectivity index (χ4n) is 3.80. The van der Waals surface area contributed by atoms with E-state index < -0.39 is 0 Å². The Morgan fingerprint density at radius 1 is 1.07 bits per heavy atom. The Morgan fingerprint density at radius 3 is 2.77 bits per heavy atom. The predicted octanol–water partition coefficient (Wildman–Crippen LogP) is 5.31. The number of aromatic nitrogens is 3. The molecule has 1 aliphatic rings. The third kappa shape index (κ3) is 3.68. The van der Waals surface area contributed by atoms with E-state index in [-0.39, 0.29) is 5.91 Å². The maximum Gasteiger partial charge on any atom is 0.269 e.